The Labute approximate surface area is 252 Å². The maximum atomic E-state index is 12.5. The Morgan fingerprint density at radius 3 is 2.02 bits per heavy atom. The zero-order chi connectivity index (χ0) is 33.0. The molecule has 1 heterocycles. The highest BCUT2D eigenvalue weighted by Gasteiger charge is 2.38. The Morgan fingerprint density at radius 1 is 0.932 bits per heavy atom. The summed E-state index contributed by atoms with van der Waals surface area (Å²) >= 11 is 1.20. The number of methoxy groups -OCH3 is 2. The fraction of sp³-hybridized carbons (Fsp3) is 0.179. The second-order valence-corrected chi connectivity index (χ2v) is 9.36. The SMILES string of the molecule is COc1ccc(OC)c2sc(C(N)=O)nc12.NCc1cccc(N(CC(=O)O)C(=O)c2ccccc2)c1.O=C(O)C(F)(F)F. The number of hydrogen-bond donors (Lipinski definition) is 4. The van der Waals surface area contributed by atoms with Crippen LogP contribution in [-0.4, -0.2) is 65.9 Å². The summed E-state index contributed by atoms with van der Waals surface area (Å²) < 4.78 is 42.8. The number of halogens is 3. The van der Waals surface area contributed by atoms with Crippen LogP contribution < -0.4 is 25.8 Å². The Bertz CT molecular complexity index is 1570. The van der Waals surface area contributed by atoms with Crippen LogP contribution in [0.1, 0.15) is 25.7 Å². The maximum absolute atomic E-state index is 12.5. The van der Waals surface area contributed by atoms with E-state index in [-0.39, 0.29) is 10.9 Å². The lowest BCUT2D eigenvalue weighted by atomic mass is 10.1. The lowest BCUT2D eigenvalue weighted by Gasteiger charge is -2.21. The molecule has 0 aliphatic heterocycles. The Hall–Kier alpha value is -5.22. The summed E-state index contributed by atoms with van der Waals surface area (Å²) in [4.78, 5) is 48.9. The molecule has 2 amide bonds. The van der Waals surface area contributed by atoms with E-state index >= 15 is 0 Å². The topological polar surface area (TPSA) is 195 Å². The van der Waals surface area contributed by atoms with E-state index in [1.807, 2.05) is 6.07 Å². The lowest BCUT2D eigenvalue weighted by Crippen LogP contribution is -2.35. The molecule has 0 radical (unpaired) electrons. The third-order valence-electron chi connectivity index (χ3n) is 5.38. The van der Waals surface area contributed by atoms with Gasteiger partial charge in [-0.05, 0) is 42.0 Å². The van der Waals surface area contributed by atoms with Crippen LogP contribution >= 0.6 is 11.3 Å². The molecule has 4 rings (SSSR count). The van der Waals surface area contributed by atoms with Crippen LogP contribution in [0.25, 0.3) is 10.2 Å². The van der Waals surface area contributed by atoms with E-state index in [4.69, 9.17) is 35.9 Å². The first kappa shape index (κ1) is 35.0. The van der Waals surface area contributed by atoms with Crippen LogP contribution in [0.4, 0.5) is 18.9 Å². The number of aliphatic carboxylic acids is 2. The smallest absolute Gasteiger partial charge is 0.490 e. The fourth-order valence-electron chi connectivity index (χ4n) is 3.39. The first-order chi connectivity index (χ1) is 20.7. The highest BCUT2D eigenvalue weighted by molar-refractivity contribution is 7.20. The van der Waals surface area contributed by atoms with Gasteiger partial charge in [-0.3, -0.25) is 19.3 Å². The number of ether oxygens (including phenoxy) is 2. The summed E-state index contributed by atoms with van der Waals surface area (Å²) in [6.45, 7) is -0.0734. The van der Waals surface area contributed by atoms with Crippen molar-refractivity contribution >= 4 is 51.0 Å². The lowest BCUT2D eigenvalue weighted by molar-refractivity contribution is -0.192. The Morgan fingerprint density at radius 2 is 1.52 bits per heavy atom. The molecule has 1 aromatic heterocycles. The van der Waals surface area contributed by atoms with Gasteiger partial charge in [0.1, 0.15) is 28.3 Å². The number of nitrogens with zero attached hydrogens (tertiary/aromatic N) is 2. The normalized spacial score (nSPS) is 10.4. The predicted molar refractivity (Wildman–Crippen MR) is 155 cm³/mol. The standard InChI is InChI=1S/C16H16N2O3.C10H10N2O3S.C2HF3O2/c17-10-12-5-4-8-14(9-12)18(11-15(19)20)16(21)13-6-2-1-3-7-13;1-14-5-3-4-6(15-2)8-7(5)12-10(16-8)9(11)13;3-2(4,5)1(6)7/h1-9H,10-11,17H2,(H,19,20);3-4H,1-2H3,(H2,11,13);(H,6,7). The van der Waals surface area contributed by atoms with Crippen molar-refractivity contribution in [3.63, 3.8) is 0 Å². The minimum Gasteiger partial charge on any atom is -0.495 e. The van der Waals surface area contributed by atoms with Crippen LogP contribution in [-0.2, 0) is 16.1 Å². The third-order valence-corrected chi connectivity index (χ3v) is 6.47. The number of benzene rings is 3. The molecule has 4 aromatic rings. The number of fused-ring (bicyclic) bond motifs is 1. The van der Waals surface area contributed by atoms with Crippen molar-refractivity contribution in [2.75, 3.05) is 25.7 Å². The summed E-state index contributed by atoms with van der Waals surface area (Å²) in [5.74, 6) is -3.48. The molecule has 3 aromatic carbocycles. The van der Waals surface area contributed by atoms with Crippen molar-refractivity contribution in [3.8, 4) is 11.5 Å². The van der Waals surface area contributed by atoms with E-state index in [0.29, 0.717) is 34.8 Å². The minimum atomic E-state index is -5.08. The van der Waals surface area contributed by atoms with E-state index < -0.39 is 30.6 Å². The molecule has 0 bridgehead atoms. The molecule has 234 valence electrons. The summed E-state index contributed by atoms with van der Waals surface area (Å²) in [5.41, 5.74) is 13.2. The van der Waals surface area contributed by atoms with Gasteiger partial charge in [-0.2, -0.15) is 13.2 Å². The van der Waals surface area contributed by atoms with Crippen LogP contribution in [0, 0.1) is 0 Å². The Kier molecular flexibility index (Phi) is 12.6. The maximum Gasteiger partial charge on any atom is 0.490 e. The Balaban J connectivity index is 0.000000259. The highest BCUT2D eigenvalue weighted by atomic mass is 32.1. The largest absolute Gasteiger partial charge is 0.495 e. The molecule has 0 saturated carbocycles. The number of carbonyl (C=O) groups is 4. The minimum absolute atomic E-state index is 0.248. The van der Waals surface area contributed by atoms with Gasteiger partial charge in [0, 0.05) is 17.8 Å². The van der Waals surface area contributed by atoms with Gasteiger partial charge < -0.3 is 31.2 Å². The number of nitrogens with two attached hydrogens (primary N) is 2. The zero-order valence-corrected chi connectivity index (χ0v) is 24.0. The predicted octanol–water partition coefficient (Wildman–Crippen LogP) is 3.92. The second kappa shape index (κ2) is 15.9. The molecule has 0 spiro atoms. The van der Waals surface area contributed by atoms with Gasteiger partial charge in [0.05, 0.1) is 14.2 Å². The van der Waals surface area contributed by atoms with E-state index in [9.17, 15) is 27.6 Å². The second-order valence-electron chi connectivity index (χ2n) is 8.36. The molecule has 0 aliphatic carbocycles. The summed E-state index contributed by atoms with van der Waals surface area (Å²) in [5, 5.41) is 16.4. The average Bonchev–Trinajstić information content (AvgIpc) is 3.46. The number of carbonyl (C=O) groups excluding carboxylic acids is 2. The van der Waals surface area contributed by atoms with Crippen LogP contribution in [0.2, 0.25) is 0 Å². The van der Waals surface area contributed by atoms with Gasteiger partial charge in [-0.25, -0.2) is 9.78 Å². The molecule has 16 heteroatoms. The molecule has 12 nitrogen and oxygen atoms in total. The number of rotatable bonds is 8. The molecule has 44 heavy (non-hydrogen) atoms. The van der Waals surface area contributed by atoms with Gasteiger partial charge in [-0.15, -0.1) is 11.3 Å². The van der Waals surface area contributed by atoms with Crippen molar-refractivity contribution in [1.82, 2.24) is 4.98 Å². The van der Waals surface area contributed by atoms with Crippen LogP contribution in [0.15, 0.2) is 66.7 Å². The molecule has 6 N–H and O–H groups in total. The van der Waals surface area contributed by atoms with Gasteiger partial charge in [0.15, 0.2) is 5.01 Å². The number of carboxylic acids is 2. The van der Waals surface area contributed by atoms with E-state index in [0.717, 1.165) is 10.3 Å². The summed E-state index contributed by atoms with van der Waals surface area (Å²) in [7, 11) is 3.11. The third kappa shape index (κ3) is 9.67. The van der Waals surface area contributed by atoms with E-state index in [2.05, 4.69) is 4.98 Å². The molecule has 0 atom stereocenters. The number of carboxylic acid groups (broad SMARTS) is 2. The quantitative estimate of drug-likeness (QED) is 0.220. The number of thiazole rings is 1. The molecule has 0 aliphatic rings. The van der Waals surface area contributed by atoms with E-state index in [1.165, 1.54) is 16.2 Å². The monoisotopic (exact) mass is 636 g/mol. The van der Waals surface area contributed by atoms with Crippen molar-refractivity contribution < 1.29 is 52.0 Å². The number of anilines is 1. The van der Waals surface area contributed by atoms with Crippen molar-refractivity contribution in [3.05, 3.63) is 82.9 Å². The van der Waals surface area contributed by atoms with Gasteiger partial charge >= 0.3 is 18.1 Å². The van der Waals surface area contributed by atoms with E-state index in [1.54, 1.807) is 74.9 Å². The average molecular weight is 637 g/mol. The molecule has 0 unspecified atom stereocenters. The fourth-order valence-corrected chi connectivity index (χ4v) is 4.32. The number of alkyl halides is 3. The molecule has 0 fully saturated rings. The number of aromatic nitrogens is 1. The first-order valence-electron chi connectivity index (χ1n) is 12.2. The number of hydrogen-bond acceptors (Lipinski definition) is 9. The molecular formula is C28H27F3N4O8S. The van der Waals surface area contributed by atoms with Gasteiger partial charge in [0.2, 0.25) is 0 Å². The highest BCUT2D eigenvalue weighted by Crippen LogP contribution is 2.36. The van der Waals surface area contributed by atoms with Crippen molar-refractivity contribution in [1.29, 1.82) is 0 Å². The number of amides is 2. The molecule has 0 saturated heterocycles. The van der Waals surface area contributed by atoms with Gasteiger partial charge in [-0.1, -0.05) is 30.3 Å². The van der Waals surface area contributed by atoms with Crippen molar-refractivity contribution in [2.45, 2.75) is 12.7 Å². The zero-order valence-electron chi connectivity index (χ0n) is 23.2. The summed E-state index contributed by atoms with van der Waals surface area (Å²) in [6, 6.07) is 19.1. The van der Waals surface area contributed by atoms with Gasteiger partial charge in [0.25, 0.3) is 11.8 Å². The van der Waals surface area contributed by atoms with Crippen LogP contribution in [0.3, 0.4) is 0 Å². The number of primary amides is 1. The summed E-state index contributed by atoms with van der Waals surface area (Å²) in [6.07, 6.45) is -5.08. The van der Waals surface area contributed by atoms with Crippen LogP contribution in [0.5, 0.6) is 11.5 Å². The first-order valence-corrected chi connectivity index (χ1v) is 13.0. The van der Waals surface area contributed by atoms with Crippen molar-refractivity contribution in [2.24, 2.45) is 11.5 Å². The molecular weight excluding hydrogens is 609 g/mol.